The van der Waals surface area contributed by atoms with Crippen LogP contribution in [0.25, 0.3) is 0 Å². The summed E-state index contributed by atoms with van der Waals surface area (Å²) in [5.41, 5.74) is 4.48. The Morgan fingerprint density at radius 2 is 1.77 bits per heavy atom. The third-order valence-corrected chi connectivity index (χ3v) is 5.01. The number of anilines is 1. The van der Waals surface area contributed by atoms with Gasteiger partial charge in [-0.25, -0.2) is 0 Å². The van der Waals surface area contributed by atoms with Crippen LogP contribution in [0.2, 0.25) is 0 Å². The van der Waals surface area contributed by atoms with Gasteiger partial charge in [-0.15, -0.1) is 0 Å². The van der Waals surface area contributed by atoms with Crippen molar-refractivity contribution in [1.29, 1.82) is 0 Å². The fraction of sp³-hybridized carbons (Fsp3) is 0.409. The summed E-state index contributed by atoms with van der Waals surface area (Å²) in [5.74, 6) is 0.144. The highest BCUT2D eigenvalue weighted by Crippen LogP contribution is 2.17. The van der Waals surface area contributed by atoms with Crippen LogP contribution in [0.3, 0.4) is 0 Å². The maximum absolute atomic E-state index is 12.9. The van der Waals surface area contributed by atoms with Crippen molar-refractivity contribution in [3.63, 3.8) is 0 Å². The lowest BCUT2D eigenvalue weighted by molar-refractivity contribution is 0.0761. The Morgan fingerprint density at radius 3 is 2.50 bits per heavy atom. The largest absolute Gasteiger partial charge is 0.378 e. The number of aryl methyl sites for hydroxylation is 1. The number of amides is 1. The molecule has 0 aliphatic carbocycles. The van der Waals surface area contributed by atoms with Crippen LogP contribution in [0.1, 0.15) is 27.9 Å². The highest BCUT2D eigenvalue weighted by atomic mass is 16.2. The van der Waals surface area contributed by atoms with Gasteiger partial charge in [0.15, 0.2) is 0 Å². The second kappa shape index (κ2) is 8.37. The Morgan fingerprint density at radius 1 is 1.00 bits per heavy atom. The molecule has 0 saturated carbocycles. The second-order valence-corrected chi connectivity index (χ2v) is 7.35. The molecule has 26 heavy (non-hydrogen) atoms. The Balaban J connectivity index is 1.61. The predicted octanol–water partition coefficient (Wildman–Crippen LogP) is 3.41. The van der Waals surface area contributed by atoms with Crippen LogP contribution in [0.15, 0.2) is 48.5 Å². The molecule has 3 rings (SSSR count). The average molecular weight is 351 g/mol. The van der Waals surface area contributed by atoms with Crippen LogP contribution < -0.4 is 4.90 Å². The Kier molecular flexibility index (Phi) is 5.94. The molecule has 1 amide bonds. The molecule has 4 heteroatoms. The second-order valence-electron chi connectivity index (χ2n) is 7.35. The topological polar surface area (TPSA) is 26.8 Å². The molecule has 2 aromatic carbocycles. The van der Waals surface area contributed by atoms with Gasteiger partial charge in [0.2, 0.25) is 0 Å². The maximum atomic E-state index is 12.9. The number of carbonyl (C=O) groups excluding carboxylic acids is 1. The molecule has 1 aliphatic rings. The van der Waals surface area contributed by atoms with Gasteiger partial charge < -0.3 is 9.80 Å². The number of nitrogens with zero attached hydrogens (tertiary/aromatic N) is 3. The van der Waals surface area contributed by atoms with Gasteiger partial charge in [-0.3, -0.25) is 9.69 Å². The van der Waals surface area contributed by atoms with E-state index in [-0.39, 0.29) is 5.91 Å². The van der Waals surface area contributed by atoms with Crippen LogP contribution in [0.4, 0.5) is 5.69 Å². The minimum absolute atomic E-state index is 0.144. The van der Waals surface area contributed by atoms with Crippen molar-refractivity contribution in [2.24, 2.45) is 0 Å². The zero-order chi connectivity index (χ0) is 18.5. The smallest absolute Gasteiger partial charge is 0.253 e. The van der Waals surface area contributed by atoms with Gasteiger partial charge in [0, 0.05) is 58.1 Å². The molecule has 138 valence electrons. The first-order valence-electron chi connectivity index (χ1n) is 9.37. The van der Waals surface area contributed by atoms with E-state index in [2.05, 4.69) is 36.1 Å². The van der Waals surface area contributed by atoms with Gasteiger partial charge in [-0.05, 0) is 37.1 Å². The SMILES string of the molecule is Cc1ccc(CN2CCCN(C(=O)c3cccc(N(C)C)c3)CC2)cc1. The number of carbonyl (C=O) groups is 1. The number of hydrogen-bond donors (Lipinski definition) is 0. The molecular formula is C22H29N3O. The summed E-state index contributed by atoms with van der Waals surface area (Å²) in [7, 11) is 4.00. The summed E-state index contributed by atoms with van der Waals surface area (Å²) in [5, 5.41) is 0. The zero-order valence-electron chi connectivity index (χ0n) is 16.1. The first-order chi connectivity index (χ1) is 12.5. The molecule has 1 aliphatic heterocycles. The fourth-order valence-electron chi connectivity index (χ4n) is 3.38. The van der Waals surface area contributed by atoms with E-state index in [1.54, 1.807) is 0 Å². The van der Waals surface area contributed by atoms with Crippen molar-refractivity contribution >= 4 is 11.6 Å². The van der Waals surface area contributed by atoms with Gasteiger partial charge in [0.25, 0.3) is 5.91 Å². The highest BCUT2D eigenvalue weighted by molar-refractivity contribution is 5.95. The van der Waals surface area contributed by atoms with Gasteiger partial charge in [-0.2, -0.15) is 0 Å². The molecule has 0 N–H and O–H groups in total. The first-order valence-corrected chi connectivity index (χ1v) is 9.37. The van der Waals surface area contributed by atoms with E-state index < -0.39 is 0 Å². The molecule has 4 nitrogen and oxygen atoms in total. The Hall–Kier alpha value is -2.33. The first kappa shape index (κ1) is 18.5. The fourth-order valence-corrected chi connectivity index (χ4v) is 3.38. The molecule has 0 aromatic heterocycles. The zero-order valence-corrected chi connectivity index (χ0v) is 16.1. The van der Waals surface area contributed by atoms with Crippen molar-refractivity contribution in [3.8, 4) is 0 Å². The van der Waals surface area contributed by atoms with Crippen LogP contribution in [-0.2, 0) is 6.54 Å². The van der Waals surface area contributed by atoms with Gasteiger partial charge in [0.05, 0.1) is 0 Å². The van der Waals surface area contributed by atoms with Crippen molar-refractivity contribution < 1.29 is 4.79 Å². The van der Waals surface area contributed by atoms with Crippen LogP contribution in [0, 0.1) is 6.92 Å². The molecule has 1 saturated heterocycles. The average Bonchev–Trinajstić information content (AvgIpc) is 2.89. The van der Waals surface area contributed by atoms with E-state index in [0.29, 0.717) is 0 Å². The summed E-state index contributed by atoms with van der Waals surface area (Å²) in [4.78, 5) is 19.4. The van der Waals surface area contributed by atoms with Gasteiger partial charge in [0.1, 0.15) is 0 Å². The quantitative estimate of drug-likeness (QED) is 0.845. The number of hydrogen-bond acceptors (Lipinski definition) is 3. The molecule has 0 bridgehead atoms. The third kappa shape index (κ3) is 4.64. The van der Waals surface area contributed by atoms with Crippen molar-refractivity contribution in [2.45, 2.75) is 19.9 Å². The van der Waals surface area contributed by atoms with E-state index in [0.717, 1.165) is 50.4 Å². The third-order valence-electron chi connectivity index (χ3n) is 5.01. The summed E-state index contributed by atoms with van der Waals surface area (Å²) in [6.07, 6.45) is 1.02. The molecule has 0 spiro atoms. The molecule has 0 atom stereocenters. The predicted molar refractivity (Wildman–Crippen MR) is 108 cm³/mol. The van der Waals surface area contributed by atoms with E-state index >= 15 is 0 Å². The summed E-state index contributed by atoms with van der Waals surface area (Å²) in [6, 6.07) is 16.6. The summed E-state index contributed by atoms with van der Waals surface area (Å²) >= 11 is 0. The van der Waals surface area contributed by atoms with E-state index in [9.17, 15) is 4.79 Å². The highest BCUT2D eigenvalue weighted by Gasteiger charge is 2.20. The molecule has 2 aromatic rings. The minimum atomic E-state index is 0.144. The standard InChI is InChI=1S/C22H29N3O/c1-18-8-10-19(11-9-18)17-24-12-5-13-25(15-14-24)22(26)20-6-4-7-21(16-20)23(2)3/h4,6-11,16H,5,12-15,17H2,1-3H3. The van der Waals surface area contributed by atoms with Crippen LogP contribution in [-0.4, -0.2) is 56.0 Å². The maximum Gasteiger partial charge on any atom is 0.253 e. The van der Waals surface area contributed by atoms with E-state index in [4.69, 9.17) is 0 Å². The number of benzene rings is 2. The minimum Gasteiger partial charge on any atom is -0.378 e. The molecule has 1 heterocycles. The monoisotopic (exact) mass is 351 g/mol. The molecular weight excluding hydrogens is 322 g/mol. The lowest BCUT2D eigenvalue weighted by atomic mass is 10.1. The Bertz CT molecular complexity index is 739. The molecule has 0 radical (unpaired) electrons. The van der Waals surface area contributed by atoms with E-state index in [1.165, 1.54) is 11.1 Å². The number of rotatable bonds is 4. The summed E-state index contributed by atoms with van der Waals surface area (Å²) < 4.78 is 0. The Labute approximate surface area is 157 Å². The van der Waals surface area contributed by atoms with Crippen molar-refractivity contribution in [3.05, 3.63) is 65.2 Å². The molecule has 1 fully saturated rings. The lowest BCUT2D eigenvalue weighted by Crippen LogP contribution is -2.35. The van der Waals surface area contributed by atoms with Crippen molar-refractivity contribution in [1.82, 2.24) is 9.80 Å². The van der Waals surface area contributed by atoms with Gasteiger partial charge >= 0.3 is 0 Å². The van der Waals surface area contributed by atoms with Crippen molar-refractivity contribution in [2.75, 3.05) is 45.2 Å². The summed E-state index contributed by atoms with van der Waals surface area (Å²) in [6.45, 7) is 6.65. The van der Waals surface area contributed by atoms with E-state index in [1.807, 2.05) is 48.2 Å². The lowest BCUT2D eigenvalue weighted by Gasteiger charge is -2.23. The van der Waals surface area contributed by atoms with Gasteiger partial charge in [-0.1, -0.05) is 35.9 Å². The molecule has 0 unspecified atom stereocenters. The van der Waals surface area contributed by atoms with Crippen LogP contribution in [0.5, 0.6) is 0 Å². The normalized spacial score (nSPS) is 15.6. The van der Waals surface area contributed by atoms with Crippen LogP contribution >= 0.6 is 0 Å².